The molecule has 3 heteroatoms. The molecule has 1 unspecified atom stereocenters. The van der Waals surface area contributed by atoms with Crippen LogP contribution in [0, 0.1) is 17.2 Å². The van der Waals surface area contributed by atoms with Crippen molar-refractivity contribution < 1.29 is 5.11 Å². The smallest absolute Gasteiger partial charge is 0.0701 e. The lowest BCUT2D eigenvalue weighted by Gasteiger charge is -2.35. The van der Waals surface area contributed by atoms with Crippen LogP contribution in [-0.2, 0) is 0 Å². The van der Waals surface area contributed by atoms with Crippen LogP contribution in [0.25, 0.3) is 0 Å². The van der Waals surface area contributed by atoms with E-state index in [4.69, 9.17) is 5.26 Å². The number of hydrogen-bond acceptors (Lipinski definition) is 3. The molecule has 1 N–H and O–H groups in total. The van der Waals surface area contributed by atoms with Crippen molar-refractivity contribution in [3.8, 4) is 6.07 Å². The van der Waals surface area contributed by atoms with Gasteiger partial charge in [-0.1, -0.05) is 12.2 Å². The summed E-state index contributed by atoms with van der Waals surface area (Å²) in [6.45, 7) is 3.92. The van der Waals surface area contributed by atoms with Crippen molar-refractivity contribution in [1.82, 2.24) is 4.90 Å². The predicted octanol–water partition coefficient (Wildman–Crippen LogP) is 1.82. The number of likely N-dealkylation sites (tertiary alicyclic amines) is 1. The Morgan fingerprint density at radius 1 is 1.44 bits per heavy atom. The van der Waals surface area contributed by atoms with E-state index in [9.17, 15) is 5.11 Å². The van der Waals surface area contributed by atoms with Gasteiger partial charge in [-0.15, -0.1) is 0 Å². The molecule has 3 nitrogen and oxygen atoms in total. The Balaban J connectivity index is 2.04. The van der Waals surface area contributed by atoms with E-state index < -0.39 is 0 Å². The monoisotopic (exact) mass is 218 g/mol. The molecule has 86 valence electrons. The number of rotatable bonds is 1. The molecule has 0 aromatic rings. The molecule has 0 aromatic carbocycles. The summed E-state index contributed by atoms with van der Waals surface area (Å²) in [6.07, 6.45) is 6.62. The highest BCUT2D eigenvalue weighted by Gasteiger charge is 2.22. The Hall–Kier alpha value is -1.27. The normalized spacial score (nSPS) is 27.1. The van der Waals surface area contributed by atoms with Gasteiger partial charge in [-0.05, 0) is 31.8 Å². The maximum Gasteiger partial charge on any atom is 0.0701 e. The molecular formula is C13H18N2O. The van der Waals surface area contributed by atoms with Crippen molar-refractivity contribution in [2.45, 2.75) is 32.3 Å². The van der Waals surface area contributed by atoms with Gasteiger partial charge in [0.05, 0.1) is 18.1 Å². The third kappa shape index (κ3) is 2.28. The van der Waals surface area contributed by atoms with Gasteiger partial charge in [0.2, 0.25) is 0 Å². The van der Waals surface area contributed by atoms with Crippen molar-refractivity contribution in [3.63, 3.8) is 0 Å². The van der Waals surface area contributed by atoms with Crippen LogP contribution in [0.1, 0.15) is 26.2 Å². The van der Waals surface area contributed by atoms with E-state index >= 15 is 0 Å². The first-order valence-electron chi connectivity index (χ1n) is 5.92. The van der Waals surface area contributed by atoms with Gasteiger partial charge in [0.25, 0.3) is 0 Å². The maximum absolute atomic E-state index is 9.47. The molecule has 2 rings (SSSR count). The summed E-state index contributed by atoms with van der Waals surface area (Å²) < 4.78 is 0. The van der Waals surface area contributed by atoms with Gasteiger partial charge in [-0.2, -0.15) is 5.26 Å². The summed E-state index contributed by atoms with van der Waals surface area (Å²) in [7, 11) is 0. The molecule has 1 heterocycles. The lowest BCUT2D eigenvalue weighted by atomic mass is 9.94. The van der Waals surface area contributed by atoms with Crippen molar-refractivity contribution in [1.29, 1.82) is 5.26 Å². The first kappa shape index (κ1) is 11.2. The third-order valence-corrected chi connectivity index (χ3v) is 3.39. The van der Waals surface area contributed by atoms with Crippen LogP contribution in [0.5, 0.6) is 0 Å². The second-order valence-electron chi connectivity index (χ2n) is 4.63. The van der Waals surface area contributed by atoms with E-state index in [1.54, 1.807) is 0 Å². The van der Waals surface area contributed by atoms with E-state index in [0.717, 1.165) is 32.4 Å². The zero-order valence-electron chi connectivity index (χ0n) is 9.69. The maximum atomic E-state index is 9.47. The minimum atomic E-state index is -0.128. The number of hydrogen-bond donors (Lipinski definition) is 1. The summed E-state index contributed by atoms with van der Waals surface area (Å²) in [5, 5.41) is 18.3. The van der Waals surface area contributed by atoms with Crippen molar-refractivity contribution in [2.75, 3.05) is 13.1 Å². The Morgan fingerprint density at radius 3 is 2.69 bits per heavy atom. The molecule has 1 atom stereocenters. The van der Waals surface area contributed by atoms with Gasteiger partial charge in [-0.3, -0.25) is 0 Å². The summed E-state index contributed by atoms with van der Waals surface area (Å²) >= 11 is 0. The minimum Gasteiger partial charge on any atom is -0.393 e. The van der Waals surface area contributed by atoms with E-state index in [-0.39, 0.29) is 12.0 Å². The number of nitriles is 1. The van der Waals surface area contributed by atoms with Gasteiger partial charge in [-0.25, -0.2) is 0 Å². The average molecular weight is 218 g/mol. The van der Waals surface area contributed by atoms with Gasteiger partial charge in [0.1, 0.15) is 0 Å². The molecule has 2 aliphatic rings. The Labute approximate surface area is 96.7 Å². The second kappa shape index (κ2) is 4.71. The number of piperidine rings is 1. The minimum absolute atomic E-state index is 0.0409. The van der Waals surface area contributed by atoms with Crippen molar-refractivity contribution in [2.24, 2.45) is 5.92 Å². The number of aliphatic hydroxyl groups excluding tert-OH is 1. The van der Waals surface area contributed by atoms with Gasteiger partial charge >= 0.3 is 0 Å². The quantitative estimate of drug-likeness (QED) is 0.730. The standard InChI is InChI=1S/C13H18N2O/c1-10-8-11(9-14)2-3-13(10)15-6-4-12(16)5-7-15/h3,8,11-12,16H,2,4-7H2,1H3. The van der Waals surface area contributed by atoms with Gasteiger partial charge < -0.3 is 10.0 Å². The highest BCUT2D eigenvalue weighted by Crippen LogP contribution is 2.27. The number of allylic oxidation sites excluding steroid dienone is 3. The fourth-order valence-electron chi connectivity index (χ4n) is 2.43. The zero-order valence-corrected chi connectivity index (χ0v) is 9.69. The molecule has 16 heavy (non-hydrogen) atoms. The highest BCUT2D eigenvalue weighted by atomic mass is 16.3. The lowest BCUT2D eigenvalue weighted by Crippen LogP contribution is -2.36. The molecular weight excluding hydrogens is 200 g/mol. The molecule has 0 spiro atoms. The summed E-state index contributed by atoms with van der Waals surface area (Å²) in [6, 6.07) is 2.29. The molecule has 0 bridgehead atoms. The van der Waals surface area contributed by atoms with E-state index in [1.807, 2.05) is 0 Å². The fraction of sp³-hybridized carbons (Fsp3) is 0.615. The Morgan fingerprint density at radius 2 is 2.12 bits per heavy atom. The van der Waals surface area contributed by atoms with Crippen LogP contribution in [0.15, 0.2) is 23.4 Å². The fourth-order valence-corrected chi connectivity index (χ4v) is 2.43. The summed E-state index contributed by atoms with van der Waals surface area (Å²) in [4.78, 5) is 2.33. The first-order chi connectivity index (χ1) is 7.70. The third-order valence-electron chi connectivity index (χ3n) is 3.39. The highest BCUT2D eigenvalue weighted by molar-refractivity contribution is 5.34. The molecule has 0 radical (unpaired) electrons. The summed E-state index contributed by atoms with van der Waals surface area (Å²) in [5.74, 6) is 0.0409. The van der Waals surface area contributed by atoms with Crippen LogP contribution in [-0.4, -0.2) is 29.2 Å². The first-order valence-corrected chi connectivity index (χ1v) is 5.92. The predicted molar refractivity (Wildman–Crippen MR) is 62.4 cm³/mol. The summed E-state index contributed by atoms with van der Waals surface area (Å²) in [5.41, 5.74) is 2.47. The Bertz CT molecular complexity index is 357. The molecule has 1 aliphatic carbocycles. The van der Waals surface area contributed by atoms with E-state index in [2.05, 4.69) is 30.0 Å². The van der Waals surface area contributed by atoms with Crippen LogP contribution in [0.4, 0.5) is 0 Å². The largest absolute Gasteiger partial charge is 0.393 e. The molecule has 0 amide bonds. The van der Waals surface area contributed by atoms with Gasteiger partial charge in [0.15, 0.2) is 0 Å². The Kier molecular flexibility index (Phi) is 3.31. The van der Waals surface area contributed by atoms with Crippen LogP contribution >= 0.6 is 0 Å². The van der Waals surface area contributed by atoms with E-state index in [1.165, 1.54) is 11.3 Å². The van der Waals surface area contributed by atoms with Crippen LogP contribution < -0.4 is 0 Å². The molecule has 1 fully saturated rings. The van der Waals surface area contributed by atoms with Crippen molar-refractivity contribution in [3.05, 3.63) is 23.4 Å². The average Bonchev–Trinajstić information content (AvgIpc) is 2.30. The molecule has 1 saturated heterocycles. The second-order valence-corrected chi connectivity index (χ2v) is 4.63. The van der Waals surface area contributed by atoms with Crippen LogP contribution in [0.2, 0.25) is 0 Å². The topological polar surface area (TPSA) is 47.3 Å². The molecule has 1 aliphatic heterocycles. The zero-order chi connectivity index (χ0) is 11.5. The number of nitrogens with zero attached hydrogens (tertiary/aromatic N) is 2. The van der Waals surface area contributed by atoms with E-state index in [0.29, 0.717) is 0 Å². The number of aliphatic hydroxyl groups is 1. The SMILES string of the molecule is CC1=CC(C#N)CC=C1N1CCC(O)CC1. The van der Waals surface area contributed by atoms with Crippen molar-refractivity contribution >= 4 is 0 Å². The molecule has 0 aromatic heterocycles. The van der Waals surface area contributed by atoms with Crippen LogP contribution in [0.3, 0.4) is 0 Å². The van der Waals surface area contributed by atoms with Gasteiger partial charge in [0, 0.05) is 18.8 Å². The lowest BCUT2D eigenvalue weighted by molar-refractivity contribution is 0.0977. The molecule has 0 saturated carbocycles.